The van der Waals surface area contributed by atoms with E-state index < -0.39 is 17.8 Å². The molecular weight excluding hydrogens is 405 g/mol. The van der Waals surface area contributed by atoms with Gasteiger partial charge in [-0.2, -0.15) is 13.2 Å². The highest BCUT2D eigenvalue weighted by molar-refractivity contribution is 5.81. The number of benzene rings is 2. The molecule has 1 saturated heterocycles. The molecule has 0 aliphatic carbocycles. The molecule has 31 heavy (non-hydrogen) atoms. The summed E-state index contributed by atoms with van der Waals surface area (Å²) in [5.41, 5.74) is 1.08. The second-order valence-corrected chi connectivity index (χ2v) is 8.89. The Morgan fingerprint density at radius 2 is 1.55 bits per heavy atom. The predicted molar refractivity (Wildman–Crippen MR) is 115 cm³/mol. The lowest BCUT2D eigenvalue weighted by molar-refractivity contribution is -0.138. The molecular formula is C24H29F3N2O2. The third kappa shape index (κ3) is 5.71. The monoisotopic (exact) mass is 434 g/mol. The van der Waals surface area contributed by atoms with Gasteiger partial charge in [-0.05, 0) is 48.2 Å². The van der Waals surface area contributed by atoms with Crippen LogP contribution in [0.25, 0.3) is 0 Å². The highest BCUT2D eigenvalue weighted by Crippen LogP contribution is 2.32. The van der Waals surface area contributed by atoms with Crippen LogP contribution >= 0.6 is 0 Å². The molecule has 0 saturated carbocycles. The summed E-state index contributed by atoms with van der Waals surface area (Å²) in [6.07, 6.45) is -5.01. The first kappa shape index (κ1) is 23.0. The van der Waals surface area contributed by atoms with Gasteiger partial charge >= 0.3 is 6.18 Å². The quantitative estimate of drug-likeness (QED) is 0.670. The number of rotatable bonds is 4. The number of nitrogens with zero attached hydrogens (tertiary/aromatic N) is 2. The maximum Gasteiger partial charge on any atom is 0.416 e. The number of carbonyl (C=O) groups is 1. The van der Waals surface area contributed by atoms with Gasteiger partial charge in [-0.3, -0.25) is 4.79 Å². The van der Waals surface area contributed by atoms with Gasteiger partial charge in [0.2, 0.25) is 0 Å². The van der Waals surface area contributed by atoms with E-state index in [1.807, 2.05) is 29.2 Å². The van der Waals surface area contributed by atoms with Crippen molar-refractivity contribution in [2.75, 3.05) is 31.1 Å². The Kier molecular flexibility index (Phi) is 6.53. The lowest BCUT2D eigenvalue weighted by atomic mass is 9.87. The number of piperazine rings is 1. The molecule has 3 rings (SSSR count). The Labute approximate surface area is 181 Å². The van der Waals surface area contributed by atoms with Crippen LogP contribution in [0.3, 0.4) is 0 Å². The van der Waals surface area contributed by atoms with Crippen LogP contribution in [0.15, 0.2) is 48.5 Å². The topological polar surface area (TPSA) is 32.8 Å². The Morgan fingerprint density at radius 1 is 0.935 bits per heavy atom. The molecule has 0 N–H and O–H groups in total. The summed E-state index contributed by atoms with van der Waals surface area (Å²) in [5.74, 6) is 0.514. The largest absolute Gasteiger partial charge is 0.481 e. The number of halogens is 3. The number of hydrogen-bond acceptors (Lipinski definition) is 3. The van der Waals surface area contributed by atoms with Gasteiger partial charge < -0.3 is 14.5 Å². The van der Waals surface area contributed by atoms with Crippen molar-refractivity contribution in [3.8, 4) is 5.75 Å². The summed E-state index contributed by atoms with van der Waals surface area (Å²) in [7, 11) is 0. The maximum absolute atomic E-state index is 13.0. The molecule has 2 aromatic carbocycles. The van der Waals surface area contributed by atoms with Crippen LogP contribution in [0.5, 0.6) is 5.75 Å². The molecule has 4 nitrogen and oxygen atoms in total. The molecule has 0 spiro atoms. The fraction of sp³-hybridized carbons (Fsp3) is 0.458. The lowest BCUT2D eigenvalue weighted by Gasteiger charge is -2.37. The van der Waals surface area contributed by atoms with Gasteiger partial charge in [0.05, 0.1) is 5.56 Å². The number of alkyl halides is 3. The zero-order valence-electron chi connectivity index (χ0n) is 18.4. The summed E-state index contributed by atoms with van der Waals surface area (Å²) >= 11 is 0. The van der Waals surface area contributed by atoms with Gasteiger partial charge in [0, 0.05) is 31.9 Å². The van der Waals surface area contributed by atoms with Gasteiger partial charge in [0.1, 0.15) is 5.75 Å². The van der Waals surface area contributed by atoms with Gasteiger partial charge in [-0.15, -0.1) is 0 Å². The zero-order valence-corrected chi connectivity index (χ0v) is 18.4. The first-order valence-corrected chi connectivity index (χ1v) is 10.4. The maximum atomic E-state index is 13.0. The second-order valence-electron chi connectivity index (χ2n) is 8.89. The standard InChI is InChI=1S/C24H29F3N2O2/c1-17(31-21-10-8-18(9-11-21)23(2,3)4)22(30)29-14-12-28(13-15-29)20-7-5-6-19(16-20)24(25,26)27/h5-11,16-17H,12-15H2,1-4H3/t17-/m0/s1. The Hall–Kier alpha value is -2.70. The first-order valence-electron chi connectivity index (χ1n) is 10.4. The molecule has 168 valence electrons. The van der Waals surface area contributed by atoms with Gasteiger partial charge in [0.15, 0.2) is 6.10 Å². The number of amides is 1. The molecule has 0 aromatic heterocycles. The molecule has 0 radical (unpaired) electrons. The van der Waals surface area contributed by atoms with Crippen molar-refractivity contribution in [3.05, 3.63) is 59.7 Å². The molecule has 1 atom stereocenters. The summed E-state index contributed by atoms with van der Waals surface area (Å²) < 4.78 is 44.7. The van der Waals surface area contributed by atoms with Crippen LogP contribution in [-0.4, -0.2) is 43.1 Å². The second kappa shape index (κ2) is 8.81. The average Bonchev–Trinajstić information content (AvgIpc) is 2.72. The van der Waals surface area contributed by atoms with Gasteiger partial charge in [0.25, 0.3) is 5.91 Å². The summed E-state index contributed by atoms with van der Waals surface area (Å²) in [6, 6.07) is 13.0. The van der Waals surface area contributed by atoms with Gasteiger partial charge in [-0.25, -0.2) is 0 Å². The van der Waals surface area contributed by atoms with Crippen molar-refractivity contribution in [2.45, 2.75) is 45.4 Å². The molecule has 7 heteroatoms. The van der Waals surface area contributed by atoms with Crippen molar-refractivity contribution in [1.29, 1.82) is 0 Å². The van der Waals surface area contributed by atoms with Crippen LogP contribution in [0, 0.1) is 0 Å². The van der Waals surface area contributed by atoms with E-state index in [0.717, 1.165) is 12.1 Å². The summed E-state index contributed by atoms with van der Waals surface area (Å²) in [4.78, 5) is 16.4. The van der Waals surface area contributed by atoms with Crippen LogP contribution in [0.2, 0.25) is 0 Å². The highest BCUT2D eigenvalue weighted by Gasteiger charge is 2.31. The SMILES string of the molecule is C[C@H](Oc1ccc(C(C)(C)C)cc1)C(=O)N1CCN(c2cccc(C(F)(F)F)c2)CC1. The third-order valence-electron chi connectivity index (χ3n) is 5.51. The number of anilines is 1. The Morgan fingerprint density at radius 3 is 2.10 bits per heavy atom. The van der Waals surface area contributed by atoms with Crippen LogP contribution < -0.4 is 9.64 Å². The Balaban J connectivity index is 1.56. The lowest BCUT2D eigenvalue weighted by Crippen LogP contribution is -2.52. The van der Waals surface area contributed by atoms with E-state index in [1.165, 1.54) is 11.6 Å². The Bertz CT molecular complexity index is 896. The van der Waals surface area contributed by atoms with E-state index in [-0.39, 0.29) is 11.3 Å². The molecule has 1 heterocycles. The minimum atomic E-state index is -4.37. The number of carbonyl (C=O) groups excluding carboxylic acids is 1. The first-order chi connectivity index (χ1) is 14.4. The van der Waals surface area contributed by atoms with Crippen LogP contribution in [0.4, 0.5) is 18.9 Å². The van der Waals surface area contributed by atoms with Crippen LogP contribution in [0.1, 0.15) is 38.8 Å². The van der Waals surface area contributed by atoms with Crippen molar-refractivity contribution < 1.29 is 22.7 Å². The number of hydrogen-bond donors (Lipinski definition) is 0. The summed E-state index contributed by atoms with van der Waals surface area (Å²) in [5, 5.41) is 0. The van der Waals surface area contributed by atoms with Crippen molar-refractivity contribution >= 4 is 11.6 Å². The molecule has 1 amide bonds. The van der Waals surface area contributed by atoms with E-state index in [9.17, 15) is 18.0 Å². The fourth-order valence-corrected chi connectivity index (χ4v) is 3.61. The molecule has 1 fully saturated rings. The average molecular weight is 435 g/mol. The normalized spacial score (nSPS) is 16.2. The van der Waals surface area contributed by atoms with E-state index in [1.54, 1.807) is 17.9 Å². The zero-order chi connectivity index (χ0) is 22.8. The van der Waals surface area contributed by atoms with Crippen LogP contribution in [-0.2, 0) is 16.4 Å². The van der Waals surface area contributed by atoms with E-state index in [4.69, 9.17) is 4.74 Å². The molecule has 2 aromatic rings. The van der Waals surface area contributed by atoms with Crippen molar-refractivity contribution in [3.63, 3.8) is 0 Å². The minimum absolute atomic E-state index is 0.0409. The molecule has 1 aliphatic heterocycles. The fourth-order valence-electron chi connectivity index (χ4n) is 3.61. The molecule has 0 bridgehead atoms. The van der Waals surface area contributed by atoms with E-state index in [2.05, 4.69) is 20.8 Å². The van der Waals surface area contributed by atoms with E-state index in [0.29, 0.717) is 37.6 Å². The van der Waals surface area contributed by atoms with Crippen molar-refractivity contribution in [2.24, 2.45) is 0 Å². The highest BCUT2D eigenvalue weighted by atomic mass is 19.4. The van der Waals surface area contributed by atoms with Crippen molar-refractivity contribution in [1.82, 2.24) is 4.90 Å². The van der Waals surface area contributed by atoms with Gasteiger partial charge in [-0.1, -0.05) is 39.0 Å². The number of ether oxygens (including phenoxy) is 1. The third-order valence-corrected chi connectivity index (χ3v) is 5.51. The van der Waals surface area contributed by atoms with E-state index >= 15 is 0 Å². The minimum Gasteiger partial charge on any atom is -0.481 e. The predicted octanol–water partition coefficient (Wildman–Crippen LogP) is 5.12. The molecule has 1 aliphatic rings. The summed E-state index contributed by atoms with van der Waals surface area (Å²) in [6.45, 7) is 9.94. The molecule has 0 unspecified atom stereocenters. The smallest absolute Gasteiger partial charge is 0.416 e.